The van der Waals surface area contributed by atoms with E-state index < -0.39 is 10.0 Å². The zero-order valence-corrected chi connectivity index (χ0v) is 19.3. The molecule has 0 saturated carbocycles. The number of rotatable bonds is 8. The van der Waals surface area contributed by atoms with Crippen molar-refractivity contribution in [2.24, 2.45) is 11.8 Å². The normalized spacial score (nSPS) is 16.8. The van der Waals surface area contributed by atoms with E-state index in [9.17, 15) is 13.2 Å². The number of nitrogens with zero attached hydrogens (tertiary/aromatic N) is 1. The van der Waals surface area contributed by atoms with Crippen molar-refractivity contribution < 1.29 is 17.9 Å². The van der Waals surface area contributed by atoms with Crippen LogP contribution in [-0.4, -0.2) is 38.8 Å². The number of sulfonamides is 1. The van der Waals surface area contributed by atoms with Gasteiger partial charge < -0.3 is 10.1 Å². The Morgan fingerprint density at radius 1 is 1.06 bits per heavy atom. The molecular weight excluding hydrogens is 412 g/mol. The number of ether oxygens (including phenoxy) is 1. The fraction of sp³-hybridized carbons (Fsp3) is 0.458. The Morgan fingerprint density at radius 3 is 2.23 bits per heavy atom. The second-order valence-electron chi connectivity index (χ2n) is 8.46. The summed E-state index contributed by atoms with van der Waals surface area (Å²) < 4.78 is 32.4. The van der Waals surface area contributed by atoms with E-state index in [2.05, 4.69) is 19.2 Å². The van der Waals surface area contributed by atoms with Gasteiger partial charge in [0.1, 0.15) is 5.75 Å². The molecule has 1 fully saturated rings. The minimum absolute atomic E-state index is 0.00164. The van der Waals surface area contributed by atoms with Gasteiger partial charge in [-0.3, -0.25) is 4.79 Å². The van der Waals surface area contributed by atoms with E-state index in [1.165, 1.54) is 4.31 Å². The Labute approximate surface area is 185 Å². The van der Waals surface area contributed by atoms with Gasteiger partial charge in [-0.1, -0.05) is 44.2 Å². The van der Waals surface area contributed by atoms with Crippen LogP contribution in [0.15, 0.2) is 59.5 Å². The number of methoxy groups -OCH3 is 1. The van der Waals surface area contributed by atoms with Crippen molar-refractivity contribution in [3.8, 4) is 5.75 Å². The minimum Gasteiger partial charge on any atom is -0.497 e. The molecule has 3 rings (SSSR count). The molecule has 0 bridgehead atoms. The SMILES string of the molecule is COc1ccc([C@@H](CC(C)C)NC(=O)C2CCN(S(=O)(=O)c3ccccc3)CC2)cc1. The highest BCUT2D eigenvalue weighted by molar-refractivity contribution is 7.89. The summed E-state index contributed by atoms with van der Waals surface area (Å²) in [5, 5.41) is 3.21. The van der Waals surface area contributed by atoms with Crippen LogP contribution in [0, 0.1) is 11.8 Å². The Hall–Kier alpha value is -2.38. The van der Waals surface area contributed by atoms with Crippen LogP contribution in [0.3, 0.4) is 0 Å². The van der Waals surface area contributed by atoms with E-state index in [0.29, 0.717) is 36.7 Å². The molecule has 1 N–H and O–H groups in total. The molecule has 2 aromatic rings. The number of hydrogen-bond acceptors (Lipinski definition) is 4. The molecule has 6 nitrogen and oxygen atoms in total. The Bertz CT molecular complexity index is 951. The van der Waals surface area contributed by atoms with Crippen molar-refractivity contribution in [3.05, 3.63) is 60.2 Å². The number of hydrogen-bond donors (Lipinski definition) is 1. The molecule has 168 valence electrons. The third-order valence-corrected chi connectivity index (χ3v) is 7.66. The lowest BCUT2D eigenvalue weighted by molar-refractivity contribution is -0.127. The first-order valence-corrected chi connectivity index (χ1v) is 12.2. The van der Waals surface area contributed by atoms with Gasteiger partial charge in [-0.2, -0.15) is 4.31 Å². The first kappa shape index (κ1) is 23.3. The molecule has 2 aromatic carbocycles. The van der Waals surface area contributed by atoms with Gasteiger partial charge >= 0.3 is 0 Å². The largest absolute Gasteiger partial charge is 0.497 e. The molecule has 1 atom stereocenters. The molecular formula is C24H32N2O4S. The Morgan fingerprint density at radius 2 is 1.68 bits per heavy atom. The maximum Gasteiger partial charge on any atom is 0.243 e. The Kier molecular flexibility index (Phi) is 7.73. The van der Waals surface area contributed by atoms with E-state index in [-0.39, 0.29) is 17.9 Å². The number of piperidine rings is 1. The lowest BCUT2D eigenvalue weighted by Gasteiger charge is -2.32. The quantitative estimate of drug-likeness (QED) is 0.668. The predicted octanol–water partition coefficient (Wildman–Crippen LogP) is 4.00. The van der Waals surface area contributed by atoms with Crippen molar-refractivity contribution in [3.63, 3.8) is 0 Å². The first-order valence-electron chi connectivity index (χ1n) is 10.8. The topological polar surface area (TPSA) is 75.7 Å². The van der Waals surface area contributed by atoms with Crippen LogP contribution in [0.5, 0.6) is 5.75 Å². The summed E-state index contributed by atoms with van der Waals surface area (Å²) in [5.41, 5.74) is 1.05. The van der Waals surface area contributed by atoms with Crippen molar-refractivity contribution in [2.75, 3.05) is 20.2 Å². The number of nitrogens with one attached hydrogen (secondary N) is 1. The third kappa shape index (κ3) is 5.86. The highest BCUT2D eigenvalue weighted by Crippen LogP contribution is 2.27. The molecule has 1 saturated heterocycles. The summed E-state index contributed by atoms with van der Waals surface area (Å²) in [5.74, 6) is 1.02. The molecule has 0 spiro atoms. The molecule has 0 unspecified atom stereocenters. The van der Waals surface area contributed by atoms with E-state index in [1.54, 1.807) is 37.4 Å². The average Bonchev–Trinajstić information content (AvgIpc) is 2.79. The predicted molar refractivity (Wildman–Crippen MR) is 121 cm³/mol. The molecule has 31 heavy (non-hydrogen) atoms. The number of carbonyl (C=O) groups excluding carboxylic acids is 1. The van der Waals surface area contributed by atoms with Gasteiger partial charge in [-0.15, -0.1) is 0 Å². The van der Waals surface area contributed by atoms with Crippen LogP contribution in [0.2, 0.25) is 0 Å². The fourth-order valence-corrected chi connectivity index (χ4v) is 5.47. The van der Waals surface area contributed by atoms with Gasteiger partial charge in [-0.05, 0) is 55.0 Å². The molecule has 0 aromatic heterocycles. The lowest BCUT2D eigenvalue weighted by atomic mass is 9.93. The first-order chi connectivity index (χ1) is 14.8. The average molecular weight is 445 g/mol. The molecule has 1 amide bonds. The highest BCUT2D eigenvalue weighted by Gasteiger charge is 2.32. The number of benzene rings is 2. The smallest absolute Gasteiger partial charge is 0.243 e. The summed E-state index contributed by atoms with van der Waals surface area (Å²) in [7, 11) is -1.88. The second-order valence-corrected chi connectivity index (χ2v) is 10.4. The van der Waals surface area contributed by atoms with Gasteiger partial charge in [0.2, 0.25) is 15.9 Å². The minimum atomic E-state index is -3.51. The van der Waals surface area contributed by atoms with E-state index in [0.717, 1.165) is 17.7 Å². The standard InChI is InChI=1S/C24H32N2O4S/c1-18(2)17-23(19-9-11-21(30-3)12-10-19)25-24(27)20-13-15-26(16-14-20)31(28,29)22-7-5-4-6-8-22/h4-12,18,20,23H,13-17H2,1-3H3,(H,25,27)/t23-/m1/s1. The number of amides is 1. The Balaban J connectivity index is 1.63. The van der Waals surface area contributed by atoms with Crippen molar-refractivity contribution >= 4 is 15.9 Å². The maximum atomic E-state index is 13.0. The lowest BCUT2D eigenvalue weighted by Crippen LogP contribution is -2.43. The summed E-state index contributed by atoms with van der Waals surface area (Å²) in [4.78, 5) is 13.3. The van der Waals surface area contributed by atoms with E-state index >= 15 is 0 Å². The highest BCUT2D eigenvalue weighted by atomic mass is 32.2. The second kappa shape index (κ2) is 10.3. The van der Waals surface area contributed by atoms with Crippen LogP contribution < -0.4 is 10.1 Å². The van der Waals surface area contributed by atoms with E-state index in [1.807, 2.05) is 24.3 Å². The van der Waals surface area contributed by atoms with Gasteiger partial charge in [0.25, 0.3) is 0 Å². The third-order valence-electron chi connectivity index (χ3n) is 5.75. The zero-order chi connectivity index (χ0) is 22.4. The van der Waals surface area contributed by atoms with E-state index in [4.69, 9.17) is 4.74 Å². The molecule has 7 heteroatoms. The summed E-state index contributed by atoms with van der Waals surface area (Å²) in [6, 6.07) is 16.2. The zero-order valence-electron chi connectivity index (χ0n) is 18.5. The van der Waals surface area contributed by atoms with Crippen LogP contribution in [0.25, 0.3) is 0 Å². The molecule has 0 aliphatic carbocycles. The van der Waals surface area contributed by atoms with Crippen molar-refractivity contribution in [2.45, 2.75) is 44.0 Å². The van der Waals surface area contributed by atoms with Gasteiger partial charge in [0.05, 0.1) is 18.0 Å². The molecule has 0 radical (unpaired) electrons. The van der Waals surface area contributed by atoms with Crippen molar-refractivity contribution in [1.29, 1.82) is 0 Å². The van der Waals surface area contributed by atoms with Crippen LogP contribution in [0.4, 0.5) is 0 Å². The van der Waals surface area contributed by atoms with Gasteiger partial charge in [0, 0.05) is 19.0 Å². The fourth-order valence-electron chi connectivity index (χ4n) is 3.98. The molecule has 1 heterocycles. The molecule has 1 aliphatic rings. The van der Waals surface area contributed by atoms with Gasteiger partial charge in [-0.25, -0.2) is 8.42 Å². The monoisotopic (exact) mass is 444 g/mol. The molecule has 1 aliphatic heterocycles. The summed E-state index contributed by atoms with van der Waals surface area (Å²) >= 11 is 0. The van der Waals surface area contributed by atoms with Crippen LogP contribution in [0.1, 0.15) is 44.7 Å². The van der Waals surface area contributed by atoms with Crippen LogP contribution in [-0.2, 0) is 14.8 Å². The van der Waals surface area contributed by atoms with Crippen LogP contribution >= 0.6 is 0 Å². The van der Waals surface area contributed by atoms with Crippen molar-refractivity contribution in [1.82, 2.24) is 9.62 Å². The number of carbonyl (C=O) groups is 1. The maximum absolute atomic E-state index is 13.0. The van der Waals surface area contributed by atoms with Gasteiger partial charge in [0.15, 0.2) is 0 Å². The summed E-state index contributed by atoms with van der Waals surface area (Å²) in [6.45, 7) is 4.98. The summed E-state index contributed by atoms with van der Waals surface area (Å²) in [6.07, 6.45) is 1.88.